The number of hydrogen-bond acceptors (Lipinski definition) is 7. The summed E-state index contributed by atoms with van der Waals surface area (Å²) in [4.78, 5) is 37.2. The van der Waals surface area contributed by atoms with Crippen LogP contribution in [0.1, 0.15) is 271 Å². The second kappa shape index (κ2) is 44.6. The number of ether oxygens (including phenoxy) is 3. The molecule has 0 saturated heterocycles. The van der Waals surface area contributed by atoms with E-state index in [2.05, 4.69) is 20.8 Å². The van der Waals surface area contributed by atoms with E-state index in [1.807, 2.05) is 0 Å². The molecule has 0 fully saturated rings. The summed E-state index contributed by atoms with van der Waals surface area (Å²) in [5, 5.41) is 9.91. The number of carbonyl (C=O) groups excluding carboxylic acids is 3. The summed E-state index contributed by atoms with van der Waals surface area (Å²) in [5.41, 5.74) is 0. The molecule has 0 aliphatic rings. The first-order chi connectivity index (χ1) is 27.5. The molecule has 0 rings (SSSR count). The van der Waals surface area contributed by atoms with Gasteiger partial charge in [0.1, 0.15) is 6.10 Å². The smallest absolute Gasteiger partial charge is 0.313 e. The fourth-order valence-electron chi connectivity index (χ4n) is 7.53. The van der Waals surface area contributed by atoms with Crippen LogP contribution in [0.3, 0.4) is 0 Å². The highest BCUT2D eigenvalue weighted by molar-refractivity contribution is 5.85. The molecule has 0 aromatic heterocycles. The molecule has 2 unspecified atom stereocenters. The zero-order valence-electron chi connectivity index (χ0n) is 37.5. The minimum atomic E-state index is -0.686. The van der Waals surface area contributed by atoms with Crippen molar-refractivity contribution in [3.05, 3.63) is 0 Å². The molecule has 0 heterocycles. The lowest BCUT2D eigenvalue weighted by Crippen LogP contribution is -2.30. The summed E-state index contributed by atoms with van der Waals surface area (Å²) in [6.07, 6.45) is 43.3. The Bertz CT molecular complexity index is 846. The van der Waals surface area contributed by atoms with Crippen molar-refractivity contribution in [1.82, 2.24) is 0 Å². The first-order valence-electron chi connectivity index (χ1n) is 24.6. The quantitative estimate of drug-likeness (QED) is 0.0372. The lowest BCUT2D eigenvalue weighted by atomic mass is 10.0. The summed E-state index contributed by atoms with van der Waals surface area (Å²) in [6.45, 7) is 6.59. The highest BCUT2D eigenvalue weighted by atomic mass is 16.6. The molecule has 0 amide bonds. The van der Waals surface area contributed by atoms with Gasteiger partial charge in [-0.25, -0.2) is 0 Å². The molecule has 0 saturated carbocycles. The van der Waals surface area contributed by atoms with Gasteiger partial charge in [-0.1, -0.05) is 220 Å². The van der Waals surface area contributed by atoms with Gasteiger partial charge in [0, 0.05) is 19.3 Å². The van der Waals surface area contributed by atoms with Gasteiger partial charge in [-0.15, -0.1) is 0 Å². The summed E-state index contributed by atoms with van der Waals surface area (Å²) < 4.78 is 16.9. The molecule has 7 nitrogen and oxygen atoms in total. The maximum Gasteiger partial charge on any atom is 0.313 e. The lowest BCUT2D eigenvalue weighted by molar-refractivity contribution is -0.160. The van der Waals surface area contributed by atoms with Crippen LogP contribution in [0.15, 0.2) is 0 Å². The molecule has 0 bridgehead atoms. The highest BCUT2D eigenvalue weighted by Gasteiger charge is 2.18. The predicted octanol–water partition coefficient (Wildman–Crippen LogP) is 14.6. The van der Waals surface area contributed by atoms with Crippen molar-refractivity contribution >= 4 is 17.9 Å². The van der Waals surface area contributed by atoms with Crippen molar-refractivity contribution in [2.45, 2.75) is 283 Å². The molecule has 0 aromatic carbocycles. The third kappa shape index (κ3) is 40.7. The molecule has 332 valence electrons. The number of rotatable bonds is 45. The van der Waals surface area contributed by atoms with E-state index in [4.69, 9.17) is 14.2 Å². The zero-order valence-corrected chi connectivity index (χ0v) is 37.5. The van der Waals surface area contributed by atoms with Gasteiger partial charge in [0.25, 0.3) is 0 Å². The Morgan fingerprint density at radius 1 is 0.375 bits per heavy atom. The Morgan fingerprint density at radius 2 is 0.679 bits per heavy atom. The molecule has 0 aliphatic carbocycles. The van der Waals surface area contributed by atoms with Crippen molar-refractivity contribution in [3.8, 4) is 0 Å². The molecule has 56 heavy (non-hydrogen) atoms. The van der Waals surface area contributed by atoms with Crippen molar-refractivity contribution in [3.63, 3.8) is 0 Å². The Labute approximate surface area is 347 Å². The molecule has 7 heteroatoms. The molecule has 2 atom stereocenters. The number of carbonyl (C=O) groups is 3. The van der Waals surface area contributed by atoms with Crippen LogP contribution in [-0.4, -0.2) is 48.4 Å². The number of esters is 3. The standard InChI is InChI=1S/C49H94O7/c1-4-7-10-13-15-17-19-21-22-24-26-28-30-33-36-41-48(52)56-49(53)42-37-39-45(38-34-31-12-9-6-3)54-44-46(43-50)55-47(51)40-35-32-29-27-25-23-20-18-16-14-11-8-5-2/h45-46,50H,4-44H2,1-3H3. The minimum absolute atomic E-state index is 0.103. The monoisotopic (exact) mass is 795 g/mol. The van der Waals surface area contributed by atoms with E-state index in [1.54, 1.807) is 0 Å². The van der Waals surface area contributed by atoms with E-state index < -0.39 is 18.0 Å². The summed E-state index contributed by atoms with van der Waals surface area (Å²) in [7, 11) is 0. The average Bonchev–Trinajstić information content (AvgIpc) is 3.19. The van der Waals surface area contributed by atoms with Crippen molar-refractivity contribution < 1.29 is 33.7 Å². The molecule has 0 aliphatic heterocycles. The second-order valence-electron chi connectivity index (χ2n) is 16.9. The maximum absolute atomic E-state index is 12.5. The van der Waals surface area contributed by atoms with Gasteiger partial charge in [0.15, 0.2) is 0 Å². The highest BCUT2D eigenvalue weighted by Crippen LogP contribution is 2.18. The van der Waals surface area contributed by atoms with Gasteiger partial charge in [-0.2, -0.15) is 0 Å². The third-order valence-electron chi connectivity index (χ3n) is 11.3. The summed E-state index contributed by atoms with van der Waals surface area (Å²) in [5.74, 6) is -1.16. The summed E-state index contributed by atoms with van der Waals surface area (Å²) in [6, 6.07) is 0. The van der Waals surface area contributed by atoms with Crippen LogP contribution in [0.5, 0.6) is 0 Å². The Morgan fingerprint density at radius 3 is 1.05 bits per heavy atom. The number of aliphatic hydroxyl groups is 1. The molecule has 0 aromatic rings. The van der Waals surface area contributed by atoms with Gasteiger partial charge >= 0.3 is 17.9 Å². The van der Waals surface area contributed by atoms with E-state index in [1.165, 1.54) is 161 Å². The summed E-state index contributed by atoms with van der Waals surface area (Å²) >= 11 is 0. The fourth-order valence-corrected chi connectivity index (χ4v) is 7.53. The first-order valence-corrected chi connectivity index (χ1v) is 24.6. The Kier molecular flexibility index (Phi) is 43.5. The van der Waals surface area contributed by atoms with Crippen LogP contribution in [0.4, 0.5) is 0 Å². The van der Waals surface area contributed by atoms with E-state index in [0.717, 1.165) is 57.8 Å². The molecule has 0 spiro atoms. The largest absolute Gasteiger partial charge is 0.457 e. The first kappa shape index (κ1) is 54.5. The normalized spacial score (nSPS) is 12.5. The molecule has 0 radical (unpaired) electrons. The van der Waals surface area contributed by atoms with Gasteiger partial charge in [-0.3, -0.25) is 14.4 Å². The number of aliphatic hydroxyl groups excluding tert-OH is 1. The van der Waals surface area contributed by atoms with Crippen molar-refractivity contribution in [1.29, 1.82) is 0 Å². The third-order valence-corrected chi connectivity index (χ3v) is 11.3. The predicted molar refractivity (Wildman–Crippen MR) is 235 cm³/mol. The van der Waals surface area contributed by atoms with E-state index in [0.29, 0.717) is 25.7 Å². The fraction of sp³-hybridized carbons (Fsp3) is 0.939. The van der Waals surface area contributed by atoms with Gasteiger partial charge in [0.05, 0.1) is 19.3 Å². The van der Waals surface area contributed by atoms with Gasteiger partial charge in [0.2, 0.25) is 0 Å². The average molecular weight is 795 g/mol. The number of hydrogen-bond donors (Lipinski definition) is 1. The van der Waals surface area contributed by atoms with Crippen LogP contribution in [0.2, 0.25) is 0 Å². The molecule has 1 N–H and O–H groups in total. The minimum Gasteiger partial charge on any atom is -0.457 e. The van der Waals surface area contributed by atoms with Gasteiger partial charge in [-0.05, 0) is 32.1 Å². The zero-order chi connectivity index (χ0) is 41.0. The Balaban J connectivity index is 4.15. The van der Waals surface area contributed by atoms with Crippen LogP contribution < -0.4 is 0 Å². The Hall–Kier alpha value is -1.47. The van der Waals surface area contributed by atoms with Crippen LogP contribution in [0, 0.1) is 0 Å². The maximum atomic E-state index is 12.5. The number of unbranched alkanes of at least 4 members (excludes halogenated alkanes) is 30. The van der Waals surface area contributed by atoms with Crippen LogP contribution >= 0.6 is 0 Å². The van der Waals surface area contributed by atoms with Crippen LogP contribution in [-0.2, 0) is 28.6 Å². The molecular formula is C49H94O7. The van der Waals surface area contributed by atoms with Crippen molar-refractivity contribution in [2.24, 2.45) is 0 Å². The van der Waals surface area contributed by atoms with Crippen molar-refractivity contribution in [2.75, 3.05) is 13.2 Å². The second-order valence-corrected chi connectivity index (χ2v) is 16.9. The SMILES string of the molecule is CCCCCCCCCCCCCCCCCC(=O)OC(=O)CCCC(CCCCCCC)OCC(CO)OC(=O)CCCCCCCCCCCCCCC. The van der Waals surface area contributed by atoms with E-state index in [9.17, 15) is 19.5 Å². The lowest BCUT2D eigenvalue weighted by Gasteiger charge is -2.22. The van der Waals surface area contributed by atoms with Gasteiger partial charge < -0.3 is 19.3 Å². The van der Waals surface area contributed by atoms with Crippen LogP contribution in [0.25, 0.3) is 0 Å². The topological polar surface area (TPSA) is 99.1 Å². The van der Waals surface area contributed by atoms with E-state index in [-0.39, 0.29) is 31.7 Å². The molecular weight excluding hydrogens is 701 g/mol. The van der Waals surface area contributed by atoms with E-state index >= 15 is 0 Å².